The molecule has 19 heavy (non-hydrogen) atoms. The van der Waals surface area contributed by atoms with Gasteiger partial charge in [-0.05, 0) is 6.42 Å². The van der Waals surface area contributed by atoms with E-state index in [4.69, 9.17) is 0 Å². The summed E-state index contributed by atoms with van der Waals surface area (Å²) in [6.45, 7) is 1.74. The van der Waals surface area contributed by atoms with Gasteiger partial charge < -0.3 is 10.9 Å². The molecule has 3 nitrogen and oxygen atoms in total. The van der Waals surface area contributed by atoms with Crippen molar-refractivity contribution in [3.63, 3.8) is 0 Å². The molecule has 0 aromatic heterocycles. The Morgan fingerprint density at radius 2 is 1.58 bits per heavy atom. The lowest BCUT2D eigenvalue weighted by molar-refractivity contribution is -0.378. The van der Waals surface area contributed by atoms with Gasteiger partial charge in [-0.1, -0.05) is 26.2 Å². The minimum Gasteiger partial charge on any atom is -0.373 e. The minimum absolute atomic E-state index is 0.0989. The molecule has 1 atom stereocenters. The Bertz CT molecular complexity index is 285. The molecule has 0 aliphatic rings. The highest BCUT2D eigenvalue weighted by molar-refractivity contribution is 5.62. The van der Waals surface area contributed by atoms with Crippen molar-refractivity contribution < 1.29 is 31.4 Å². The third-order valence-electron chi connectivity index (χ3n) is 2.79. The number of rotatable bonds is 6. The molecule has 9 heteroatoms. The summed E-state index contributed by atoms with van der Waals surface area (Å²) >= 11 is 0. The van der Waals surface area contributed by atoms with Crippen molar-refractivity contribution >= 4 is 6.21 Å². The molecule has 0 aliphatic carbocycles. The lowest BCUT2D eigenvalue weighted by Crippen LogP contribution is -2.62. The zero-order chi connectivity index (χ0) is 15.3. The molecule has 0 fully saturated rings. The van der Waals surface area contributed by atoms with Crippen LogP contribution in [0.4, 0.5) is 26.3 Å². The van der Waals surface area contributed by atoms with E-state index in [1.54, 1.807) is 6.92 Å². The highest BCUT2D eigenvalue weighted by Crippen LogP contribution is 2.48. The van der Waals surface area contributed by atoms with Crippen molar-refractivity contribution in [3.8, 4) is 0 Å². The van der Waals surface area contributed by atoms with Gasteiger partial charge in [0, 0.05) is 12.1 Å². The number of hydrogen-bond donors (Lipinski definition) is 2. The van der Waals surface area contributed by atoms with Crippen LogP contribution in [0.15, 0.2) is 5.10 Å². The minimum atomic E-state index is -5.86. The van der Waals surface area contributed by atoms with Crippen molar-refractivity contribution in [2.75, 3.05) is 0 Å². The van der Waals surface area contributed by atoms with Gasteiger partial charge >= 0.3 is 12.4 Å². The van der Waals surface area contributed by atoms with Crippen LogP contribution in [-0.4, -0.2) is 29.3 Å². The summed E-state index contributed by atoms with van der Waals surface area (Å²) in [7, 11) is 0. The number of nitrogens with zero attached hydrogens (tertiary/aromatic N) is 1. The molecule has 0 bridgehead atoms. The average Bonchev–Trinajstić information content (AvgIpc) is 2.24. The molecule has 114 valence electrons. The Kier molecular flexibility index (Phi) is 6.11. The zero-order valence-corrected chi connectivity index (χ0v) is 10.2. The van der Waals surface area contributed by atoms with Crippen molar-refractivity contribution in [3.05, 3.63) is 0 Å². The monoisotopic (exact) mass is 294 g/mol. The van der Waals surface area contributed by atoms with Gasteiger partial charge in [0.2, 0.25) is 0 Å². The van der Waals surface area contributed by atoms with E-state index in [0.717, 1.165) is 0 Å². The van der Waals surface area contributed by atoms with Gasteiger partial charge in [0.25, 0.3) is 5.60 Å². The van der Waals surface area contributed by atoms with Gasteiger partial charge in [0.05, 0.1) is 0 Å². The van der Waals surface area contributed by atoms with Crippen LogP contribution in [-0.2, 0) is 0 Å². The quantitative estimate of drug-likeness (QED) is 0.260. The summed E-state index contributed by atoms with van der Waals surface area (Å²) in [5.74, 6) is 2.38. The lowest BCUT2D eigenvalue weighted by atomic mass is 9.83. The SMILES string of the molecule is CCCCC[C@H](/C=N/N)C(O)(C(F)(F)F)C(F)(F)F. The molecule has 0 spiro atoms. The van der Waals surface area contributed by atoms with Gasteiger partial charge in [-0.2, -0.15) is 31.4 Å². The molecule has 3 N–H and O–H groups in total. The Morgan fingerprint density at radius 3 is 1.89 bits per heavy atom. The molecule has 0 amide bonds. The predicted octanol–water partition coefficient (Wildman–Crippen LogP) is 2.98. The highest BCUT2D eigenvalue weighted by atomic mass is 19.4. The van der Waals surface area contributed by atoms with Gasteiger partial charge in [-0.25, -0.2) is 0 Å². The zero-order valence-electron chi connectivity index (χ0n) is 10.2. The third-order valence-corrected chi connectivity index (χ3v) is 2.79. The first-order valence-electron chi connectivity index (χ1n) is 5.61. The second-order valence-electron chi connectivity index (χ2n) is 4.16. The van der Waals surface area contributed by atoms with Crippen LogP contribution in [0.3, 0.4) is 0 Å². The van der Waals surface area contributed by atoms with Crippen molar-refractivity contribution in [2.24, 2.45) is 16.9 Å². The Morgan fingerprint density at radius 1 is 1.11 bits per heavy atom. The van der Waals surface area contributed by atoms with Gasteiger partial charge in [0.15, 0.2) is 0 Å². The van der Waals surface area contributed by atoms with Crippen molar-refractivity contribution in [1.29, 1.82) is 0 Å². The summed E-state index contributed by atoms with van der Waals surface area (Å²) in [6, 6.07) is 0. The number of hydrogen-bond acceptors (Lipinski definition) is 3. The summed E-state index contributed by atoms with van der Waals surface area (Å²) in [6.07, 6.45) is -10.8. The van der Waals surface area contributed by atoms with E-state index in [1.807, 2.05) is 0 Å². The fraction of sp³-hybridized carbons (Fsp3) is 0.900. The smallest absolute Gasteiger partial charge is 0.373 e. The molecule has 0 unspecified atom stereocenters. The summed E-state index contributed by atoms with van der Waals surface area (Å²) in [5, 5.41) is 11.9. The van der Waals surface area contributed by atoms with E-state index < -0.39 is 30.3 Å². The average molecular weight is 294 g/mol. The predicted molar refractivity (Wildman–Crippen MR) is 57.4 cm³/mol. The maximum Gasteiger partial charge on any atom is 0.426 e. The Balaban J connectivity index is 5.40. The molecule has 0 radical (unpaired) electrons. The highest BCUT2D eigenvalue weighted by Gasteiger charge is 2.73. The molecule has 0 aromatic carbocycles. The van der Waals surface area contributed by atoms with Gasteiger partial charge in [-0.15, -0.1) is 0 Å². The summed E-state index contributed by atoms with van der Waals surface area (Å²) in [4.78, 5) is 0. The van der Waals surface area contributed by atoms with Crippen LogP contribution >= 0.6 is 0 Å². The first-order valence-corrected chi connectivity index (χ1v) is 5.61. The molecular weight excluding hydrogens is 278 g/mol. The van der Waals surface area contributed by atoms with Crippen molar-refractivity contribution in [2.45, 2.75) is 50.6 Å². The third kappa shape index (κ3) is 3.99. The normalized spacial score (nSPS) is 16.0. The Labute approximate surface area is 106 Å². The Hall–Kier alpha value is -0.990. The molecule has 0 rings (SSSR count). The molecule has 0 heterocycles. The van der Waals surface area contributed by atoms with E-state index in [2.05, 4.69) is 10.9 Å². The van der Waals surface area contributed by atoms with Crippen LogP contribution in [0.25, 0.3) is 0 Å². The van der Waals surface area contributed by atoms with Gasteiger partial charge in [0.1, 0.15) is 0 Å². The first-order chi connectivity index (χ1) is 8.52. The standard InChI is InChI=1S/C10H16F6N2O/c1-2-3-4-5-7(6-18-17)8(19,9(11,12)13)10(14,15)16/h6-7,19H,2-5,17H2,1H3/b18-6+/t7-/m1/s1. The number of aliphatic hydroxyl groups is 1. The number of unbranched alkanes of at least 4 members (excludes halogenated alkanes) is 2. The maximum atomic E-state index is 12.6. The second kappa shape index (κ2) is 6.44. The number of alkyl halides is 6. The molecule has 0 saturated carbocycles. The van der Waals surface area contributed by atoms with E-state index in [0.29, 0.717) is 19.1 Å². The maximum absolute atomic E-state index is 12.6. The van der Waals surface area contributed by atoms with Crippen LogP contribution in [0.5, 0.6) is 0 Å². The van der Waals surface area contributed by atoms with Gasteiger partial charge in [-0.3, -0.25) is 0 Å². The molecule has 0 aromatic rings. The van der Waals surface area contributed by atoms with E-state index in [9.17, 15) is 31.4 Å². The topological polar surface area (TPSA) is 58.6 Å². The molecule has 0 saturated heterocycles. The van der Waals surface area contributed by atoms with Crippen LogP contribution in [0.1, 0.15) is 32.6 Å². The number of nitrogens with two attached hydrogens (primary N) is 1. The number of halogens is 6. The summed E-state index contributed by atoms with van der Waals surface area (Å²) in [5.41, 5.74) is -4.84. The second-order valence-corrected chi connectivity index (χ2v) is 4.16. The van der Waals surface area contributed by atoms with E-state index >= 15 is 0 Å². The van der Waals surface area contributed by atoms with Crippen LogP contribution in [0, 0.1) is 5.92 Å². The van der Waals surface area contributed by atoms with Crippen molar-refractivity contribution in [1.82, 2.24) is 0 Å². The summed E-state index contributed by atoms with van der Waals surface area (Å²) < 4.78 is 75.7. The number of hydrazone groups is 1. The lowest BCUT2D eigenvalue weighted by Gasteiger charge is -2.37. The molecular formula is C10H16F6N2O. The fourth-order valence-electron chi connectivity index (χ4n) is 1.69. The van der Waals surface area contributed by atoms with Crippen LogP contribution in [0.2, 0.25) is 0 Å². The van der Waals surface area contributed by atoms with E-state index in [1.165, 1.54) is 0 Å². The fourth-order valence-corrected chi connectivity index (χ4v) is 1.69. The molecule has 0 aliphatic heterocycles. The van der Waals surface area contributed by atoms with Crippen LogP contribution < -0.4 is 5.84 Å². The van der Waals surface area contributed by atoms with E-state index in [-0.39, 0.29) is 6.42 Å². The largest absolute Gasteiger partial charge is 0.426 e. The first kappa shape index (κ1) is 18.0.